The highest BCUT2D eigenvalue weighted by molar-refractivity contribution is 6.32. The third-order valence-corrected chi connectivity index (χ3v) is 4.23. The number of hydrogen-bond acceptors (Lipinski definition) is 2. The van der Waals surface area contributed by atoms with Crippen molar-refractivity contribution < 1.29 is 4.74 Å². The van der Waals surface area contributed by atoms with Crippen molar-refractivity contribution in [3.8, 4) is 5.75 Å². The van der Waals surface area contributed by atoms with Gasteiger partial charge in [0.2, 0.25) is 0 Å². The maximum atomic E-state index is 6.15. The van der Waals surface area contributed by atoms with Gasteiger partial charge in [0.15, 0.2) is 0 Å². The fourth-order valence-corrected chi connectivity index (χ4v) is 3.11. The van der Waals surface area contributed by atoms with Gasteiger partial charge in [-0.15, -0.1) is 0 Å². The standard InChI is InChI=1S/C15H22ClNO/c1-3-11-6-4-5-7-14(11)17-12-8-9-15(18-2)13(16)10-12/h8-11,14,17H,3-7H2,1-2H3. The first-order valence-corrected chi connectivity index (χ1v) is 7.22. The minimum atomic E-state index is 0.591. The van der Waals surface area contributed by atoms with E-state index in [-0.39, 0.29) is 0 Å². The first-order valence-electron chi connectivity index (χ1n) is 6.84. The summed E-state index contributed by atoms with van der Waals surface area (Å²) in [5.41, 5.74) is 1.10. The Morgan fingerprint density at radius 2 is 2.11 bits per heavy atom. The average Bonchev–Trinajstić information content (AvgIpc) is 2.39. The van der Waals surface area contributed by atoms with Gasteiger partial charge in [-0.1, -0.05) is 37.8 Å². The van der Waals surface area contributed by atoms with Gasteiger partial charge in [-0.05, 0) is 37.0 Å². The van der Waals surface area contributed by atoms with Crippen LogP contribution in [-0.2, 0) is 0 Å². The lowest BCUT2D eigenvalue weighted by Crippen LogP contribution is -2.31. The molecule has 1 aromatic carbocycles. The second kappa shape index (κ2) is 6.33. The molecule has 0 radical (unpaired) electrons. The van der Waals surface area contributed by atoms with Crippen LogP contribution in [0.5, 0.6) is 5.75 Å². The second-order valence-electron chi connectivity index (χ2n) is 5.05. The van der Waals surface area contributed by atoms with Crippen LogP contribution in [0.2, 0.25) is 5.02 Å². The zero-order chi connectivity index (χ0) is 13.0. The molecule has 0 amide bonds. The topological polar surface area (TPSA) is 21.3 Å². The van der Waals surface area contributed by atoms with Crippen LogP contribution in [0.3, 0.4) is 0 Å². The highest BCUT2D eigenvalue weighted by atomic mass is 35.5. The molecule has 1 aliphatic rings. The summed E-state index contributed by atoms with van der Waals surface area (Å²) in [4.78, 5) is 0. The zero-order valence-electron chi connectivity index (χ0n) is 11.2. The van der Waals surface area contributed by atoms with Gasteiger partial charge in [-0.3, -0.25) is 0 Å². The Hall–Kier alpha value is -0.890. The van der Waals surface area contributed by atoms with E-state index in [0.29, 0.717) is 11.1 Å². The van der Waals surface area contributed by atoms with Crippen molar-refractivity contribution in [3.63, 3.8) is 0 Å². The molecule has 0 spiro atoms. The van der Waals surface area contributed by atoms with Crippen molar-refractivity contribution in [2.24, 2.45) is 5.92 Å². The summed E-state index contributed by atoms with van der Waals surface area (Å²) in [7, 11) is 1.64. The van der Waals surface area contributed by atoms with Gasteiger partial charge in [0.25, 0.3) is 0 Å². The van der Waals surface area contributed by atoms with Crippen molar-refractivity contribution in [2.75, 3.05) is 12.4 Å². The Labute approximate surface area is 115 Å². The minimum absolute atomic E-state index is 0.591. The normalized spacial score (nSPS) is 23.7. The number of methoxy groups -OCH3 is 1. The molecule has 1 aromatic rings. The van der Waals surface area contributed by atoms with Crippen molar-refractivity contribution in [3.05, 3.63) is 23.2 Å². The molecule has 2 rings (SSSR count). The summed E-state index contributed by atoms with van der Waals surface area (Å²) < 4.78 is 5.17. The first kappa shape index (κ1) is 13.5. The lowest BCUT2D eigenvalue weighted by atomic mass is 9.83. The highest BCUT2D eigenvalue weighted by Crippen LogP contribution is 2.32. The Balaban J connectivity index is 2.05. The molecule has 1 fully saturated rings. The number of anilines is 1. The molecule has 1 N–H and O–H groups in total. The Kier molecular flexibility index (Phi) is 4.76. The maximum absolute atomic E-state index is 6.15. The first-order chi connectivity index (χ1) is 8.74. The fourth-order valence-electron chi connectivity index (χ4n) is 2.86. The summed E-state index contributed by atoms with van der Waals surface area (Å²) >= 11 is 6.15. The molecule has 2 nitrogen and oxygen atoms in total. The Morgan fingerprint density at radius 3 is 2.78 bits per heavy atom. The number of ether oxygens (including phenoxy) is 1. The monoisotopic (exact) mass is 267 g/mol. The van der Waals surface area contributed by atoms with Gasteiger partial charge in [-0.25, -0.2) is 0 Å². The zero-order valence-corrected chi connectivity index (χ0v) is 12.0. The molecule has 0 aromatic heterocycles. The molecule has 1 saturated carbocycles. The maximum Gasteiger partial charge on any atom is 0.137 e. The van der Waals surface area contributed by atoms with E-state index >= 15 is 0 Å². The predicted molar refractivity (Wildman–Crippen MR) is 77.7 cm³/mol. The summed E-state index contributed by atoms with van der Waals surface area (Å²) in [5, 5.41) is 4.31. The molecule has 0 heterocycles. The summed E-state index contributed by atoms with van der Waals surface area (Å²) in [5.74, 6) is 1.53. The van der Waals surface area contributed by atoms with E-state index in [0.717, 1.165) is 17.4 Å². The second-order valence-corrected chi connectivity index (χ2v) is 5.46. The molecule has 0 saturated heterocycles. The van der Waals surface area contributed by atoms with E-state index in [1.165, 1.54) is 32.1 Å². The van der Waals surface area contributed by atoms with Gasteiger partial charge < -0.3 is 10.1 Å². The molecule has 1 aliphatic carbocycles. The highest BCUT2D eigenvalue weighted by Gasteiger charge is 2.23. The number of rotatable bonds is 4. The van der Waals surface area contributed by atoms with E-state index in [9.17, 15) is 0 Å². The van der Waals surface area contributed by atoms with E-state index in [2.05, 4.69) is 12.2 Å². The van der Waals surface area contributed by atoms with Crippen molar-refractivity contribution in [2.45, 2.75) is 45.1 Å². The quantitative estimate of drug-likeness (QED) is 0.852. The molecular weight excluding hydrogens is 246 g/mol. The molecule has 2 atom stereocenters. The van der Waals surface area contributed by atoms with Crippen LogP contribution in [0, 0.1) is 5.92 Å². The summed E-state index contributed by atoms with van der Waals surface area (Å²) in [6.45, 7) is 2.28. The van der Waals surface area contributed by atoms with Gasteiger partial charge in [-0.2, -0.15) is 0 Å². The number of benzene rings is 1. The Morgan fingerprint density at radius 1 is 1.33 bits per heavy atom. The van der Waals surface area contributed by atoms with E-state index in [1.54, 1.807) is 7.11 Å². The average molecular weight is 268 g/mol. The lowest BCUT2D eigenvalue weighted by molar-refractivity contribution is 0.317. The van der Waals surface area contributed by atoms with Crippen LogP contribution in [0.15, 0.2) is 18.2 Å². The molecule has 0 bridgehead atoms. The van der Waals surface area contributed by atoms with Crippen molar-refractivity contribution in [1.82, 2.24) is 0 Å². The fraction of sp³-hybridized carbons (Fsp3) is 0.600. The molecule has 3 heteroatoms. The van der Waals surface area contributed by atoms with Crippen LogP contribution >= 0.6 is 11.6 Å². The van der Waals surface area contributed by atoms with E-state index in [4.69, 9.17) is 16.3 Å². The van der Waals surface area contributed by atoms with E-state index < -0.39 is 0 Å². The van der Waals surface area contributed by atoms with Crippen LogP contribution in [0.1, 0.15) is 39.0 Å². The molecular formula is C15H22ClNO. The van der Waals surface area contributed by atoms with Gasteiger partial charge in [0.05, 0.1) is 12.1 Å². The van der Waals surface area contributed by atoms with Gasteiger partial charge in [0.1, 0.15) is 5.75 Å². The van der Waals surface area contributed by atoms with Crippen LogP contribution in [-0.4, -0.2) is 13.2 Å². The summed E-state index contributed by atoms with van der Waals surface area (Å²) in [6.07, 6.45) is 6.57. The number of halogens is 1. The van der Waals surface area contributed by atoms with Gasteiger partial charge in [0, 0.05) is 11.7 Å². The smallest absolute Gasteiger partial charge is 0.137 e. The van der Waals surface area contributed by atoms with Crippen molar-refractivity contribution in [1.29, 1.82) is 0 Å². The number of nitrogens with one attached hydrogen (secondary N) is 1. The van der Waals surface area contributed by atoms with Crippen LogP contribution in [0.4, 0.5) is 5.69 Å². The van der Waals surface area contributed by atoms with Gasteiger partial charge >= 0.3 is 0 Å². The van der Waals surface area contributed by atoms with E-state index in [1.807, 2.05) is 18.2 Å². The SMILES string of the molecule is CCC1CCCCC1Nc1ccc(OC)c(Cl)c1. The predicted octanol–water partition coefficient (Wildman–Crippen LogP) is 4.73. The molecule has 0 aliphatic heterocycles. The summed E-state index contributed by atoms with van der Waals surface area (Å²) in [6, 6.07) is 6.52. The molecule has 100 valence electrons. The van der Waals surface area contributed by atoms with Crippen molar-refractivity contribution >= 4 is 17.3 Å². The third-order valence-electron chi connectivity index (χ3n) is 3.94. The Bertz CT molecular complexity index is 394. The largest absolute Gasteiger partial charge is 0.495 e. The molecule has 2 unspecified atom stereocenters. The van der Waals surface area contributed by atoms with Crippen LogP contribution < -0.4 is 10.1 Å². The number of hydrogen-bond donors (Lipinski definition) is 1. The van der Waals surface area contributed by atoms with Crippen LogP contribution in [0.25, 0.3) is 0 Å². The lowest BCUT2D eigenvalue weighted by Gasteiger charge is -2.32. The molecule has 18 heavy (non-hydrogen) atoms. The third kappa shape index (κ3) is 3.11. The minimum Gasteiger partial charge on any atom is -0.495 e.